The number of hydrogen-bond acceptors (Lipinski definition) is 3. The van der Waals surface area contributed by atoms with E-state index in [9.17, 15) is 4.79 Å². The summed E-state index contributed by atoms with van der Waals surface area (Å²) in [5.41, 5.74) is 7.68. The Morgan fingerprint density at radius 1 is 1.26 bits per heavy atom. The zero-order valence-electron chi connectivity index (χ0n) is 10.8. The van der Waals surface area contributed by atoms with Crippen LogP contribution in [0.25, 0.3) is 10.8 Å². The minimum Gasteiger partial charge on any atom is -0.383 e. The number of nitrogens with zero attached hydrogens (tertiary/aromatic N) is 1. The number of carbonyl (C=O) groups is 1. The van der Waals surface area contributed by atoms with Crippen LogP contribution in [0.4, 0.5) is 5.69 Å². The van der Waals surface area contributed by atoms with Gasteiger partial charge in [-0.3, -0.25) is 4.79 Å². The maximum Gasteiger partial charge on any atom is 0.259 e. The minimum atomic E-state index is -0.182. The van der Waals surface area contributed by atoms with Crippen LogP contribution in [0.1, 0.15) is 10.4 Å². The highest BCUT2D eigenvalue weighted by Crippen LogP contribution is 2.36. The summed E-state index contributed by atoms with van der Waals surface area (Å²) < 4.78 is 5.04. The fourth-order valence-electron chi connectivity index (χ4n) is 2.66. The Balaban J connectivity index is 2.03. The second-order valence-electron chi connectivity index (χ2n) is 4.81. The smallest absolute Gasteiger partial charge is 0.259 e. The van der Waals surface area contributed by atoms with Crippen LogP contribution < -0.4 is 10.6 Å². The first kappa shape index (κ1) is 12.1. The van der Waals surface area contributed by atoms with Gasteiger partial charge in [0.2, 0.25) is 0 Å². The zero-order chi connectivity index (χ0) is 13.4. The molecule has 0 aliphatic carbocycles. The van der Waals surface area contributed by atoms with Crippen molar-refractivity contribution in [1.29, 1.82) is 0 Å². The molecule has 0 aromatic heterocycles. The molecule has 0 radical (unpaired) electrons. The van der Waals surface area contributed by atoms with E-state index in [4.69, 9.17) is 10.5 Å². The molecule has 0 saturated carbocycles. The Morgan fingerprint density at radius 2 is 2.00 bits per heavy atom. The number of benzene rings is 2. The van der Waals surface area contributed by atoms with Gasteiger partial charge in [0, 0.05) is 30.6 Å². The molecule has 2 aromatic rings. The Bertz CT molecular complexity index is 634. The molecular weight excluding hydrogens is 240 g/mol. The Labute approximate surface area is 111 Å². The lowest BCUT2D eigenvalue weighted by atomic mass is 10.1. The maximum atomic E-state index is 12.4. The molecule has 3 rings (SSSR count). The number of amides is 1. The fourth-order valence-corrected chi connectivity index (χ4v) is 2.66. The second-order valence-corrected chi connectivity index (χ2v) is 4.81. The van der Waals surface area contributed by atoms with Crippen molar-refractivity contribution in [1.82, 2.24) is 0 Å². The Kier molecular flexibility index (Phi) is 2.97. The molecule has 2 N–H and O–H groups in total. The van der Waals surface area contributed by atoms with Gasteiger partial charge in [0.1, 0.15) is 0 Å². The van der Waals surface area contributed by atoms with Crippen LogP contribution in [0.2, 0.25) is 0 Å². The number of rotatable bonds is 4. The summed E-state index contributed by atoms with van der Waals surface area (Å²) in [5.74, 6) is 0.0263. The van der Waals surface area contributed by atoms with Crippen molar-refractivity contribution < 1.29 is 9.53 Å². The van der Waals surface area contributed by atoms with Crippen LogP contribution in [0.3, 0.4) is 0 Å². The number of anilines is 1. The van der Waals surface area contributed by atoms with Crippen molar-refractivity contribution in [3.05, 3.63) is 42.0 Å². The molecule has 1 atom stereocenters. The van der Waals surface area contributed by atoms with Crippen molar-refractivity contribution in [2.24, 2.45) is 5.73 Å². The van der Waals surface area contributed by atoms with Crippen molar-refractivity contribution in [3.63, 3.8) is 0 Å². The number of methoxy groups -OCH3 is 1. The number of carbonyl (C=O) groups excluding carboxylic acids is 1. The molecule has 1 aliphatic rings. The van der Waals surface area contributed by atoms with Crippen LogP contribution in [0.5, 0.6) is 0 Å². The van der Waals surface area contributed by atoms with Crippen LogP contribution in [-0.4, -0.2) is 32.2 Å². The van der Waals surface area contributed by atoms with Gasteiger partial charge >= 0.3 is 0 Å². The van der Waals surface area contributed by atoms with E-state index in [2.05, 4.69) is 0 Å². The van der Waals surface area contributed by atoms with Crippen LogP contribution in [-0.2, 0) is 4.74 Å². The predicted octanol–water partition coefficient (Wildman–Crippen LogP) is 1.77. The molecule has 98 valence electrons. The molecule has 1 heterocycles. The van der Waals surface area contributed by atoms with Gasteiger partial charge in [-0.15, -0.1) is 0 Å². The van der Waals surface area contributed by atoms with E-state index in [0.717, 1.165) is 22.0 Å². The first-order valence-corrected chi connectivity index (χ1v) is 6.30. The van der Waals surface area contributed by atoms with Gasteiger partial charge < -0.3 is 15.4 Å². The predicted molar refractivity (Wildman–Crippen MR) is 75.5 cm³/mol. The Hall–Kier alpha value is -1.91. The highest BCUT2D eigenvalue weighted by atomic mass is 16.5. The molecule has 0 spiro atoms. The molecule has 1 amide bonds. The third-order valence-electron chi connectivity index (χ3n) is 3.45. The average molecular weight is 256 g/mol. The van der Waals surface area contributed by atoms with E-state index in [1.165, 1.54) is 0 Å². The van der Waals surface area contributed by atoms with Crippen LogP contribution in [0.15, 0.2) is 36.4 Å². The summed E-state index contributed by atoms with van der Waals surface area (Å²) in [6.45, 7) is 0.913. The van der Waals surface area contributed by atoms with Gasteiger partial charge in [-0.1, -0.05) is 24.3 Å². The standard InChI is InChI=1S/C15H16N2O2/c1-19-9-11(16)8-17-13-7-3-5-10-4-2-6-12(14(10)13)15(17)18/h2-7,11H,8-9,16H2,1H3. The molecule has 4 nitrogen and oxygen atoms in total. The quantitative estimate of drug-likeness (QED) is 0.907. The number of ether oxygens (including phenoxy) is 1. The highest BCUT2D eigenvalue weighted by molar-refractivity contribution is 6.25. The summed E-state index contributed by atoms with van der Waals surface area (Å²) >= 11 is 0. The lowest BCUT2D eigenvalue weighted by Crippen LogP contribution is -2.41. The molecule has 19 heavy (non-hydrogen) atoms. The Morgan fingerprint density at radius 3 is 2.74 bits per heavy atom. The zero-order valence-corrected chi connectivity index (χ0v) is 10.8. The molecular formula is C15H16N2O2. The number of hydrogen-bond donors (Lipinski definition) is 1. The average Bonchev–Trinajstić information content (AvgIpc) is 2.68. The molecule has 0 fully saturated rings. The van der Waals surface area contributed by atoms with Gasteiger partial charge in [-0.2, -0.15) is 0 Å². The summed E-state index contributed by atoms with van der Waals surface area (Å²) in [6, 6.07) is 11.6. The second kappa shape index (κ2) is 4.64. The summed E-state index contributed by atoms with van der Waals surface area (Å²) in [6.07, 6.45) is 0. The summed E-state index contributed by atoms with van der Waals surface area (Å²) in [7, 11) is 1.61. The van der Waals surface area contributed by atoms with E-state index in [1.807, 2.05) is 36.4 Å². The van der Waals surface area contributed by atoms with Crippen LogP contribution in [0, 0.1) is 0 Å². The van der Waals surface area contributed by atoms with Crippen molar-refractivity contribution in [2.45, 2.75) is 6.04 Å². The maximum absolute atomic E-state index is 12.4. The van der Waals surface area contributed by atoms with Crippen molar-refractivity contribution in [2.75, 3.05) is 25.2 Å². The van der Waals surface area contributed by atoms with E-state index in [1.54, 1.807) is 12.0 Å². The lowest BCUT2D eigenvalue weighted by Gasteiger charge is -2.21. The summed E-state index contributed by atoms with van der Waals surface area (Å²) in [5, 5.41) is 2.12. The molecule has 0 saturated heterocycles. The normalized spacial score (nSPS) is 15.3. The van der Waals surface area contributed by atoms with Gasteiger partial charge in [0.05, 0.1) is 12.3 Å². The fraction of sp³-hybridized carbons (Fsp3) is 0.267. The van der Waals surface area contributed by atoms with Gasteiger partial charge in [-0.05, 0) is 17.5 Å². The van der Waals surface area contributed by atoms with E-state index < -0.39 is 0 Å². The minimum absolute atomic E-state index is 0.0263. The van der Waals surface area contributed by atoms with E-state index in [0.29, 0.717) is 13.2 Å². The van der Waals surface area contributed by atoms with Crippen molar-refractivity contribution in [3.8, 4) is 0 Å². The topological polar surface area (TPSA) is 55.6 Å². The highest BCUT2D eigenvalue weighted by Gasteiger charge is 2.30. The first-order chi connectivity index (χ1) is 9.22. The number of nitrogens with two attached hydrogens (primary N) is 1. The molecule has 2 aromatic carbocycles. The molecule has 1 aliphatic heterocycles. The molecule has 1 unspecified atom stereocenters. The SMILES string of the molecule is COCC(N)CN1C(=O)c2cccc3cccc1c23. The summed E-state index contributed by atoms with van der Waals surface area (Å²) in [4.78, 5) is 14.2. The van der Waals surface area contributed by atoms with Gasteiger partial charge in [0.25, 0.3) is 5.91 Å². The monoisotopic (exact) mass is 256 g/mol. The van der Waals surface area contributed by atoms with Gasteiger partial charge in [-0.25, -0.2) is 0 Å². The largest absolute Gasteiger partial charge is 0.383 e. The van der Waals surface area contributed by atoms with E-state index >= 15 is 0 Å². The van der Waals surface area contributed by atoms with Crippen molar-refractivity contribution >= 4 is 22.4 Å². The first-order valence-electron chi connectivity index (χ1n) is 6.30. The van der Waals surface area contributed by atoms with E-state index in [-0.39, 0.29) is 11.9 Å². The third kappa shape index (κ3) is 1.89. The third-order valence-corrected chi connectivity index (χ3v) is 3.45. The van der Waals surface area contributed by atoms with Gasteiger partial charge in [0.15, 0.2) is 0 Å². The van der Waals surface area contributed by atoms with Crippen LogP contribution >= 0.6 is 0 Å². The lowest BCUT2D eigenvalue weighted by molar-refractivity contribution is 0.0987. The molecule has 0 bridgehead atoms. The molecule has 4 heteroatoms.